The van der Waals surface area contributed by atoms with Gasteiger partial charge in [-0.3, -0.25) is 4.79 Å². The highest BCUT2D eigenvalue weighted by molar-refractivity contribution is 6.05. The number of rotatable bonds is 6. The summed E-state index contributed by atoms with van der Waals surface area (Å²) in [6.45, 7) is 4.63. The summed E-state index contributed by atoms with van der Waals surface area (Å²) in [5, 5.41) is 3.23. The summed E-state index contributed by atoms with van der Waals surface area (Å²) in [7, 11) is 0. The average molecular weight is 346 g/mol. The van der Waals surface area contributed by atoms with E-state index in [4.69, 9.17) is 0 Å². The van der Waals surface area contributed by atoms with Gasteiger partial charge in [0.25, 0.3) is 5.91 Å². The van der Waals surface area contributed by atoms with E-state index in [9.17, 15) is 4.79 Å². The first kappa shape index (κ1) is 17.6. The third-order valence-electron chi connectivity index (χ3n) is 4.15. The van der Waals surface area contributed by atoms with Crippen molar-refractivity contribution >= 4 is 23.1 Å². The molecule has 26 heavy (non-hydrogen) atoms. The molecular weight excluding hydrogens is 324 g/mol. The van der Waals surface area contributed by atoms with Gasteiger partial charge in [0.15, 0.2) is 0 Å². The molecule has 0 aliphatic rings. The first-order valence-electron chi connectivity index (χ1n) is 8.76. The van der Waals surface area contributed by atoms with Crippen LogP contribution in [0.1, 0.15) is 29.9 Å². The maximum atomic E-state index is 12.9. The van der Waals surface area contributed by atoms with E-state index in [0.29, 0.717) is 18.1 Å². The van der Waals surface area contributed by atoms with Crippen molar-refractivity contribution in [3.8, 4) is 0 Å². The zero-order valence-electron chi connectivity index (χ0n) is 15.0. The first-order valence-corrected chi connectivity index (χ1v) is 8.76. The Labute approximate surface area is 153 Å². The fraction of sp³-hybridized carbons (Fsp3) is 0.190. The fourth-order valence-corrected chi connectivity index (χ4v) is 2.70. The van der Waals surface area contributed by atoms with Gasteiger partial charge in [-0.2, -0.15) is 0 Å². The normalized spacial score (nSPS) is 10.4. The average Bonchev–Trinajstić information content (AvgIpc) is 2.70. The minimum absolute atomic E-state index is 0.148. The molecule has 1 aromatic heterocycles. The molecule has 0 atom stereocenters. The van der Waals surface area contributed by atoms with Gasteiger partial charge in [0.1, 0.15) is 17.8 Å². The molecule has 0 aliphatic heterocycles. The number of benzene rings is 2. The number of carbonyl (C=O) groups excluding carboxylic acids is 1. The molecule has 0 aliphatic carbocycles. The quantitative estimate of drug-likeness (QED) is 0.716. The van der Waals surface area contributed by atoms with E-state index >= 15 is 0 Å². The number of aromatic nitrogens is 2. The van der Waals surface area contributed by atoms with Crippen molar-refractivity contribution < 1.29 is 4.79 Å². The van der Waals surface area contributed by atoms with Crippen molar-refractivity contribution in [1.82, 2.24) is 9.97 Å². The molecule has 132 valence electrons. The molecule has 0 saturated heterocycles. The number of hydrogen-bond donors (Lipinski definition) is 1. The Morgan fingerprint density at radius 1 is 1.00 bits per heavy atom. The van der Waals surface area contributed by atoms with Crippen LogP contribution < -0.4 is 10.2 Å². The Morgan fingerprint density at radius 3 is 2.38 bits per heavy atom. The lowest BCUT2D eigenvalue weighted by molar-refractivity contribution is 0.0983. The van der Waals surface area contributed by atoms with E-state index in [0.717, 1.165) is 17.8 Å². The topological polar surface area (TPSA) is 58.1 Å². The number of anilines is 3. The van der Waals surface area contributed by atoms with Crippen molar-refractivity contribution in [3.05, 3.63) is 78.2 Å². The predicted octanol–water partition coefficient (Wildman–Crippen LogP) is 4.45. The summed E-state index contributed by atoms with van der Waals surface area (Å²) in [6, 6.07) is 19.4. The maximum Gasteiger partial charge on any atom is 0.277 e. The molecule has 3 rings (SSSR count). The van der Waals surface area contributed by atoms with Crippen molar-refractivity contribution in [1.29, 1.82) is 0 Å². The lowest BCUT2D eigenvalue weighted by Gasteiger charge is -2.20. The van der Waals surface area contributed by atoms with Crippen LogP contribution in [0.3, 0.4) is 0 Å². The van der Waals surface area contributed by atoms with Crippen molar-refractivity contribution in [2.75, 3.05) is 16.8 Å². The van der Waals surface area contributed by atoms with Crippen LogP contribution in [0, 0.1) is 0 Å². The zero-order valence-corrected chi connectivity index (χ0v) is 15.0. The van der Waals surface area contributed by atoms with Gasteiger partial charge >= 0.3 is 0 Å². The van der Waals surface area contributed by atoms with Gasteiger partial charge in [0.05, 0.1) is 0 Å². The number of para-hydroxylation sites is 1. The van der Waals surface area contributed by atoms with Crippen molar-refractivity contribution in [2.24, 2.45) is 0 Å². The number of carbonyl (C=O) groups is 1. The fourth-order valence-electron chi connectivity index (χ4n) is 2.70. The summed E-state index contributed by atoms with van der Waals surface area (Å²) in [5.41, 5.74) is 3.41. The highest BCUT2D eigenvalue weighted by Gasteiger charge is 2.17. The van der Waals surface area contributed by atoms with E-state index in [2.05, 4.69) is 34.3 Å². The number of nitrogens with one attached hydrogen (secondary N) is 1. The van der Waals surface area contributed by atoms with Gasteiger partial charge in [-0.05, 0) is 43.2 Å². The molecule has 0 bridgehead atoms. The standard InChI is InChI=1S/C21H22N4O/c1-3-16-10-12-17(13-11-16)24-20-14-19(22-15-23-20)21(26)25(4-2)18-8-6-5-7-9-18/h5-15H,3-4H2,1-2H3,(H,22,23,24). The van der Waals surface area contributed by atoms with Crippen molar-refractivity contribution in [2.45, 2.75) is 20.3 Å². The van der Waals surface area contributed by atoms with Crippen LogP contribution in [-0.4, -0.2) is 22.4 Å². The smallest absolute Gasteiger partial charge is 0.277 e. The van der Waals surface area contributed by atoms with Crippen molar-refractivity contribution in [3.63, 3.8) is 0 Å². The summed E-state index contributed by atoms with van der Waals surface area (Å²) >= 11 is 0. The third-order valence-corrected chi connectivity index (χ3v) is 4.15. The summed E-state index contributed by atoms with van der Waals surface area (Å²) in [6.07, 6.45) is 2.41. The summed E-state index contributed by atoms with van der Waals surface area (Å²) in [4.78, 5) is 23.0. The van der Waals surface area contributed by atoms with E-state index in [-0.39, 0.29) is 5.91 Å². The highest BCUT2D eigenvalue weighted by atomic mass is 16.2. The van der Waals surface area contributed by atoms with Crippen LogP contribution >= 0.6 is 0 Å². The van der Waals surface area contributed by atoms with E-state index in [1.807, 2.05) is 49.4 Å². The maximum absolute atomic E-state index is 12.9. The molecule has 1 heterocycles. The Kier molecular flexibility index (Phi) is 5.59. The van der Waals surface area contributed by atoms with Gasteiger partial charge in [0, 0.05) is 24.0 Å². The molecule has 3 aromatic rings. The Balaban J connectivity index is 1.80. The zero-order chi connectivity index (χ0) is 18.4. The Hall–Kier alpha value is -3.21. The van der Waals surface area contributed by atoms with Crippen LogP contribution in [0.25, 0.3) is 0 Å². The van der Waals surface area contributed by atoms with Gasteiger partial charge in [0.2, 0.25) is 0 Å². The Bertz CT molecular complexity index is 863. The van der Waals surface area contributed by atoms with Gasteiger partial charge in [-0.1, -0.05) is 37.3 Å². The SMILES string of the molecule is CCc1ccc(Nc2cc(C(=O)N(CC)c3ccccc3)ncn2)cc1. The Morgan fingerprint density at radius 2 is 1.73 bits per heavy atom. The minimum Gasteiger partial charge on any atom is -0.340 e. The minimum atomic E-state index is -0.148. The van der Waals surface area contributed by atoms with E-state index < -0.39 is 0 Å². The molecule has 0 unspecified atom stereocenters. The molecular formula is C21H22N4O. The number of amides is 1. The molecule has 0 fully saturated rings. The van der Waals surface area contributed by atoms with Crippen LogP contribution in [0.2, 0.25) is 0 Å². The van der Waals surface area contributed by atoms with E-state index in [1.165, 1.54) is 11.9 Å². The van der Waals surface area contributed by atoms with Crippen LogP contribution in [0.5, 0.6) is 0 Å². The monoisotopic (exact) mass is 346 g/mol. The van der Waals surface area contributed by atoms with Gasteiger partial charge in [-0.15, -0.1) is 0 Å². The molecule has 5 heteroatoms. The molecule has 5 nitrogen and oxygen atoms in total. The second-order valence-corrected chi connectivity index (χ2v) is 5.85. The molecule has 0 saturated carbocycles. The second-order valence-electron chi connectivity index (χ2n) is 5.85. The predicted molar refractivity (Wildman–Crippen MR) is 105 cm³/mol. The molecule has 1 amide bonds. The van der Waals surface area contributed by atoms with Gasteiger partial charge in [-0.25, -0.2) is 9.97 Å². The number of hydrogen-bond acceptors (Lipinski definition) is 4. The van der Waals surface area contributed by atoms with E-state index in [1.54, 1.807) is 11.0 Å². The number of aryl methyl sites for hydroxylation is 1. The van der Waals surface area contributed by atoms with Crippen LogP contribution in [-0.2, 0) is 6.42 Å². The lowest BCUT2D eigenvalue weighted by Crippen LogP contribution is -2.31. The molecule has 0 spiro atoms. The summed E-state index contributed by atoms with van der Waals surface area (Å²) in [5.74, 6) is 0.446. The highest BCUT2D eigenvalue weighted by Crippen LogP contribution is 2.19. The van der Waals surface area contributed by atoms with Crippen LogP contribution in [0.15, 0.2) is 67.0 Å². The molecule has 0 radical (unpaired) electrons. The third kappa shape index (κ3) is 4.06. The van der Waals surface area contributed by atoms with Crippen LogP contribution in [0.4, 0.5) is 17.2 Å². The second kappa shape index (κ2) is 8.25. The number of nitrogens with zero attached hydrogens (tertiary/aromatic N) is 3. The lowest BCUT2D eigenvalue weighted by atomic mass is 10.1. The van der Waals surface area contributed by atoms with Gasteiger partial charge < -0.3 is 10.2 Å². The molecule has 1 N–H and O–H groups in total. The first-order chi connectivity index (χ1) is 12.7. The summed E-state index contributed by atoms with van der Waals surface area (Å²) < 4.78 is 0. The molecule has 2 aromatic carbocycles. The largest absolute Gasteiger partial charge is 0.340 e.